The van der Waals surface area contributed by atoms with Crippen LogP contribution >= 0.6 is 11.6 Å². The second kappa shape index (κ2) is 10.7. The van der Waals surface area contributed by atoms with E-state index in [-0.39, 0.29) is 11.9 Å². The van der Waals surface area contributed by atoms with Crippen molar-refractivity contribution in [2.75, 3.05) is 7.11 Å². The Hall–Kier alpha value is -3.76. The fourth-order valence-electron chi connectivity index (χ4n) is 3.52. The second-order valence-electron chi connectivity index (χ2n) is 7.50. The van der Waals surface area contributed by atoms with Crippen molar-refractivity contribution in [3.63, 3.8) is 0 Å². The number of carbonyl (C=O) groups excluding carboxylic acids is 1. The molecule has 0 fully saturated rings. The van der Waals surface area contributed by atoms with Crippen molar-refractivity contribution >= 4 is 17.5 Å². The van der Waals surface area contributed by atoms with Gasteiger partial charge in [0.15, 0.2) is 0 Å². The maximum Gasteiger partial charge on any atom is 0.252 e. The minimum absolute atomic E-state index is 0.192. The lowest BCUT2D eigenvalue weighted by atomic mass is 9.98. The van der Waals surface area contributed by atoms with Crippen molar-refractivity contribution in [2.24, 2.45) is 0 Å². The molecular formula is C28H24ClNO3. The summed E-state index contributed by atoms with van der Waals surface area (Å²) in [6.07, 6.45) is 0. The van der Waals surface area contributed by atoms with Crippen LogP contribution in [0.5, 0.6) is 11.5 Å². The average Bonchev–Trinajstić information content (AvgIpc) is 2.87. The third kappa shape index (κ3) is 5.73. The van der Waals surface area contributed by atoms with Crippen LogP contribution < -0.4 is 14.8 Å². The van der Waals surface area contributed by atoms with Gasteiger partial charge in [-0.1, -0.05) is 78.3 Å². The van der Waals surface area contributed by atoms with Crippen molar-refractivity contribution in [3.05, 3.63) is 130 Å². The zero-order chi connectivity index (χ0) is 23.0. The monoisotopic (exact) mass is 457 g/mol. The standard InChI is InChI=1S/C28H24ClNO3/c1-32-24-16-14-21(15-17-24)27(20-8-3-2-4-9-20)30-28(31)22-11-7-12-25(18-22)33-19-23-10-5-6-13-26(23)29/h2-18,27H,19H2,1H3,(H,30,31)/t27-/m1/s1. The summed E-state index contributed by atoms with van der Waals surface area (Å²) < 4.78 is 11.2. The number of amides is 1. The van der Waals surface area contributed by atoms with Crippen molar-refractivity contribution in [1.82, 2.24) is 5.32 Å². The molecule has 4 aromatic carbocycles. The highest BCUT2D eigenvalue weighted by Gasteiger charge is 2.18. The lowest BCUT2D eigenvalue weighted by Gasteiger charge is -2.20. The molecule has 4 aromatic rings. The molecule has 0 aliphatic rings. The van der Waals surface area contributed by atoms with Gasteiger partial charge in [0.05, 0.1) is 13.2 Å². The molecule has 4 nitrogen and oxygen atoms in total. The number of halogens is 1. The number of benzene rings is 4. The summed E-state index contributed by atoms with van der Waals surface area (Å²) >= 11 is 6.21. The second-order valence-corrected chi connectivity index (χ2v) is 7.91. The molecule has 33 heavy (non-hydrogen) atoms. The molecular weight excluding hydrogens is 434 g/mol. The van der Waals surface area contributed by atoms with Gasteiger partial charge in [0.2, 0.25) is 0 Å². The summed E-state index contributed by atoms with van der Waals surface area (Å²) in [5.74, 6) is 1.17. The maximum absolute atomic E-state index is 13.2. The molecule has 0 aliphatic heterocycles. The molecule has 0 heterocycles. The van der Waals surface area contributed by atoms with Gasteiger partial charge in [0.25, 0.3) is 5.91 Å². The number of rotatable bonds is 8. The van der Waals surface area contributed by atoms with Gasteiger partial charge in [-0.05, 0) is 47.5 Å². The Balaban J connectivity index is 1.53. The fourth-order valence-corrected chi connectivity index (χ4v) is 3.71. The van der Waals surface area contributed by atoms with Crippen LogP contribution in [0.15, 0.2) is 103 Å². The minimum atomic E-state index is -0.308. The topological polar surface area (TPSA) is 47.6 Å². The molecule has 4 rings (SSSR count). The lowest BCUT2D eigenvalue weighted by Crippen LogP contribution is -2.29. The predicted molar refractivity (Wildman–Crippen MR) is 131 cm³/mol. The first-order valence-electron chi connectivity index (χ1n) is 10.6. The molecule has 0 aliphatic carbocycles. The van der Waals surface area contributed by atoms with Crippen LogP contribution in [0.4, 0.5) is 0 Å². The number of nitrogens with one attached hydrogen (secondary N) is 1. The number of methoxy groups -OCH3 is 1. The average molecular weight is 458 g/mol. The predicted octanol–water partition coefficient (Wildman–Crippen LogP) is 6.45. The highest BCUT2D eigenvalue weighted by atomic mass is 35.5. The van der Waals surface area contributed by atoms with E-state index in [1.54, 1.807) is 19.2 Å². The summed E-state index contributed by atoms with van der Waals surface area (Å²) in [6.45, 7) is 0.323. The van der Waals surface area contributed by atoms with E-state index >= 15 is 0 Å². The van der Waals surface area contributed by atoms with Crippen LogP contribution in [0.3, 0.4) is 0 Å². The molecule has 0 spiro atoms. The first-order valence-corrected chi connectivity index (χ1v) is 11.0. The van der Waals surface area contributed by atoms with Gasteiger partial charge in [0.1, 0.15) is 18.1 Å². The van der Waals surface area contributed by atoms with Crippen molar-refractivity contribution in [1.29, 1.82) is 0 Å². The summed E-state index contributed by atoms with van der Waals surface area (Å²) in [5, 5.41) is 3.81. The fraction of sp³-hybridized carbons (Fsp3) is 0.107. The van der Waals surface area contributed by atoms with Crippen LogP contribution in [-0.2, 0) is 6.61 Å². The minimum Gasteiger partial charge on any atom is -0.497 e. The highest BCUT2D eigenvalue weighted by molar-refractivity contribution is 6.31. The van der Waals surface area contributed by atoms with E-state index in [1.807, 2.05) is 91.0 Å². The molecule has 0 saturated heterocycles. The van der Waals surface area contributed by atoms with Gasteiger partial charge in [-0.25, -0.2) is 0 Å². The highest BCUT2D eigenvalue weighted by Crippen LogP contribution is 2.25. The third-order valence-corrected chi connectivity index (χ3v) is 5.67. The smallest absolute Gasteiger partial charge is 0.252 e. The Bertz CT molecular complexity index is 1210. The Kier molecular flexibility index (Phi) is 7.28. The van der Waals surface area contributed by atoms with Crippen molar-refractivity contribution in [3.8, 4) is 11.5 Å². The normalized spacial score (nSPS) is 11.5. The Morgan fingerprint density at radius 2 is 1.52 bits per heavy atom. The number of hydrogen-bond donors (Lipinski definition) is 1. The summed E-state index contributed by atoms with van der Waals surface area (Å²) in [4.78, 5) is 13.2. The third-order valence-electron chi connectivity index (χ3n) is 5.31. The Labute approximate surface area is 198 Å². The summed E-state index contributed by atoms with van der Waals surface area (Å²) in [5.41, 5.74) is 3.35. The van der Waals surface area contributed by atoms with E-state index in [0.717, 1.165) is 22.4 Å². The molecule has 1 N–H and O–H groups in total. The van der Waals surface area contributed by atoms with Crippen LogP contribution in [0.25, 0.3) is 0 Å². The van der Waals surface area contributed by atoms with E-state index in [9.17, 15) is 4.79 Å². The van der Waals surface area contributed by atoms with Crippen LogP contribution in [0.2, 0.25) is 5.02 Å². The quantitative estimate of drug-likeness (QED) is 0.331. The molecule has 0 unspecified atom stereocenters. The molecule has 0 bridgehead atoms. The molecule has 1 amide bonds. The first-order chi connectivity index (χ1) is 16.1. The molecule has 0 radical (unpaired) electrons. The largest absolute Gasteiger partial charge is 0.497 e. The Morgan fingerprint density at radius 3 is 2.24 bits per heavy atom. The SMILES string of the molecule is COc1ccc([C@H](NC(=O)c2cccc(OCc3ccccc3Cl)c2)c2ccccc2)cc1. The zero-order valence-electron chi connectivity index (χ0n) is 18.2. The van der Waals surface area contributed by atoms with Crippen molar-refractivity contribution < 1.29 is 14.3 Å². The van der Waals surface area contributed by atoms with E-state index in [0.29, 0.717) is 22.9 Å². The lowest BCUT2D eigenvalue weighted by molar-refractivity contribution is 0.0942. The molecule has 166 valence electrons. The van der Waals surface area contributed by atoms with Crippen LogP contribution in [0.1, 0.15) is 33.1 Å². The van der Waals surface area contributed by atoms with Gasteiger partial charge >= 0.3 is 0 Å². The Morgan fingerprint density at radius 1 is 0.818 bits per heavy atom. The van der Waals surface area contributed by atoms with Gasteiger partial charge in [-0.2, -0.15) is 0 Å². The summed E-state index contributed by atoms with van der Waals surface area (Å²) in [7, 11) is 1.63. The van der Waals surface area contributed by atoms with E-state index < -0.39 is 0 Å². The maximum atomic E-state index is 13.2. The van der Waals surface area contributed by atoms with E-state index in [2.05, 4.69) is 5.32 Å². The first kappa shape index (κ1) is 22.4. The van der Waals surface area contributed by atoms with Gasteiger partial charge in [-0.15, -0.1) is 0 Å². The molecule has 0 saturated carbocycles. The zero-order valence-corrected chi connectivity index (χ0v) is 19.0. The van der Waals surface area contributed by atoms with Gasteiger partial charge in [-0.3, -0.25) is 4.79 Å². The van der Waals surface area contributed by atoms with Crippen LogP contribution in [-0.4, -0.2) is 13.0 Å². The molecule has 0 aromatic heterocycles. The number of hydrogen-bond acceptors (Lipinski definition) is 3. The molecule has 5 heteroatoms. The van der Waals surface area contributed by atoms with Gasteiger partial charge in [0, 0.05) is 16.1 Å². The number of carbonyl (C=O) groups is 1. The van der Waals surface area contributed by atoms with Gasteiger partial charge < -0.3 is 14.8 Å². The van der Waals surface area contributed by atoms with Crippen LogP contribution in [0, 0.1) is 0 Å². The van der Waals surface area contributed by atoms with E-state index in [1.165, 1.54) is 0 Å². The molecule has 1 atom stereocenters. The summed E-state index contributed by atoms with van der Waals surface area (Å²) in [6, 6.07) is 31.9. The number of ether oxygens (including phenoxy) is 2. The van der Waals surface area contributed by atoms with Crippen molar-refractivity contribution in [2.45, 2.75) is 12.6 Å². The van der Waals surface area contributed by atoms with E-state index in [4.69, 9.17) is 21.1 Å².